The molecule has 2 aromatic rings. The fourth-order valence-corrected chi connectivity index (χ4v) is 3.11. The van der Waals surface area contributed by atoms with Crippen molar-refractivity contribution in [2.24, 2.45) is 0 Å². The molecule has 4 nitrogen and oxygen atoms in total. The number of nitrogens with two attached hydrogens (primary N) is 1. The molecule has 0 saturated carbocycles. The highest BCUT2D eigenvalue weighted by Gasteiger charge is 2.22. The van der Waals surface area contributed by atoms with Gasteiger partial charge < -0.3 is 10.5 Å². The lowest BCUT2D eigenvalue weighted by atomic mass is 10.3. The highest BCUT2D eigenvalue weighted by atomic mass is 32.2. The Morgan fingerprint density at radius 2 is 1.72 bits per heavy atom. The molecule has 0 atom stereocenters. The summed E-state index contributed by atoms with van der Waals surface area (Å²) in [7, 11) is -2.18. The molecule has 0 saturated heterocycles. The van der Waals surface area contributed by atoms with Gasteiger partial charge in [0.1, 0.15) is 10.6 Å². The lowest BCUT2D eigenvalue weighted by Gasteiger charge is -2.10. The van der Waals surface area contributed by atoms with Gasteiger partial charge >= 0.3 is 0 Å². The lowest BCUT2D eigenvalue weighted by molar-refractivity contribution is 0.403. The summed E-state index contributed by atoms with van der Waals surface area (Å²) in [6.07, 6.45) is 0. The number of anilines is 1. The standard InChI is InChI=1S/C13H13NO3S/c1-17-12-8-7-10(14)9-13(12)18(15,16)11-5-3-2-4-6-11/h2-9H,14H2,1H3. The minimum atomic E-state index is -3.61. The van der Waals surface area contributed by atoms with Crippen LogP contribution in [-0.4, -0.2) is 15.5 Å². The summed E-state index contributed by atoms with van der Waals surface area (Å²) in [5.74, 6) is 0.285. The summed E-state index contributed by atoms with van der Waals surface area (Å²) < 4.78 is 29.9. The van der Waals surface area contributed by atoms with Crippen LogP contribution in [0.25, 0.3) is 0 Å². The van der Waals surface area contributed by atoms with E-state index >= 15 is 0 Å². The van der Waals surface area contributed by atoms with Crippen molar-refractivity contribution in [3.8, 4) is 5.75 Å². The SMILES string of the molecule is COc1ccc(N)cc1S(=O)(=O)c1ccccc1. The van der Waals surface area contributed by atoms with Crippen molar-refractivity contribution < 1.29 is 13.2 Å². The number of hydrogen-bond donors (Lipinski definition) is 1. The molecule has 0 fully saturated rings. The van der Waals surface area contributed by atoms with Crippen molar-refractivity contribution in [3.05, 3.63) is 48.5 Å². The van der Waals surface area contributed by atoms with Crippen LogP contribution >= 0.6 is 0 Å². The first-order valence-corrected chi connectivity index (χ1v) is 6.77. The van der Waals surface area contributed by atoms with E-state index < -0.39 is 9.84 Å². The summed E-state index contributed by atoms with van der Waals surface area (Å²) >= 11 is 0. The molecule has 0 heterocycles. The maximum atomic E-state index is 12.4. The summed E-state index contributed by atoms with van der Waals surface area (Å²) in [5.41, 5.74) is 6.02. The van der Waals surface area contributed by atoms with E-state index in [0.717, 1.165) is 0 Å². The monoisotopic (exact) mass is 263 g/mol. The van der Waals surface area contributed by atoms with Crippen LogP contribution in [0, 0.1) is 0 Å². The molecule has 2 rings (SSSR count). The highest BCUT2D eigenvalue weighted by molar-refractivity contribution is 7.91. The Labute approximate surface area is 106 Å². The van der Waals surface area contributed by atoms with E-state index in [-0.39, 0.29) is 15.5 Å². The minimum absolute atomic E-state index is 0.0798. The fraction of sp³-hybridized carbons (Fsp3) is 0.0769. The van der Waals surface area contributed by atoms with E-state index in [4.69, 9.17) is 10.5 Å². The average Bonchev–Trinajstić information content (AvgIpc) is 2.39. The van der Waals surface area contributed by atoms with Gasteiger partial charge in [0.05, 0.1) is 12.0 Å². The zero-order valence-electron chi connectivity index (χ0n) is 9.83. The molecule has 0 aliphatic rings. The number of benzene rings is 2. The van der Waals surface area contributed by atoms with Crippen LogP contribution in [0.4, 0.5) is 5.69 Å². The third-order valence-electron chi connectivity index (χ3n) is 2.53. The van der Waals surface area contributed by atoms with Gasteiger partial charge in [-0.15, -0.1) is 0 Å². The van der Waals surface area contributed by atoms with E-state index in [1.54, 1.807) is 30.3 Å². The van der Waals surface area contributed by atoms with Crippen molar-refractivity contribution in [1.82, 2.24) is 0 Å². The quantitative estimate of drug-likeness (QED) is 0.861. The van der Waals surface area contributed by atoms with Gasteiger partial charge in [-0.3, -0.25) is 0 Å². The number of sulfone groups is 1. The molecule has 0 bridgehead atoms. The van der Waals surface area contributed by atoms with Crippen LogP contribution in [0.2, 0.25) is 0 Å². The number of nitrogen functional groups attached to an aromatic ring is 1. The Morgan fingerprint density at radius 1 is 1.06 bits per heavy atom. The van der Waals surface area contributed by atoms with Crippen LogP contribution in [0.5, 0.6) is 5.75 Å². The van der Waals surface area contributed by atoms with E-state index in [1.165, 1.54) is 25.3 Å². The second-order valence-corrected chi connectivity index (χ2v) is 5.64. The summed E-state index contributed by atoms with van der Waals surface area (Å²) in [4.78, 5) is 0.296. The topological polar surface area (TPSA) is 69.4 Å². The van der Waals surface area contributed by atoms with Crippen LogP contribution in [0.15, 0.2) is 58.3 Å². The van der Waals surface area contributed by atoms with Crippen molar-refractivity contribution in [1.29, 1.82) is 0 Å². The molecule has 0 amide bonds. The Balaban J connectivity index is 2.65. The molecule has 5 heteroatoms. The van der Waals surface area contributed by atoms with Crippen LogP contribution in [0.3, 0.4) is 0 Å². The Hall–Kier alpha value is -2.01. The molecule has 0 aliphatic heterocycles. The third kappa shape index (κ3) is 2.17. The zero-order valence-corrected chi connectivity index (χ0v) is 10.6. The molecule has 0 aromatic heterocycles. The van der Waals surface area contributed by atoms with Gasteiger partial charge in [-0.2, -0.15) is 0 Å². The van der Waals surface area contributed by atoms with Crippen LogP contribution in [0.1, 0.15) is 0 Å². The van der Waals surface area contributed by atoms with Crippen LogP contribution in [-0.2, 0) is 9.84 Å². The molecular weight excluding hydrogens is 250 g/mol. The average molecular weight is 263 g/mol. The molecular formula is C13H13NO3S. The molecule has 18 heavy (non-hydrogen) atoms. The summed E-state index contributed by atoms with van der Waals surface area (Å²) in [5, 5.41) is 0. The summed E-state index contributed by atoms with van der Waals surface area (Å²) in [6, 6.07) is 12.7. The number of methoxy groups -OCH3 is 1. The van der Waals surface area contributed by atoms with Crippen molar-refractivity contribution in [3.63, 3.8) is 0 Å². The first-order chi connectivity index (χ1) is 8.55. The van der Waals surface area contributed by atoms with Gasteiger partial charge in [-0.1, -0.05) is 18.2 Å². The molecule has 2 aromatic carbocycles. The number of hydrogen-bond acceptors (Lipinski definition) is 4. The van der Waals surface area contributed by atoms with Crippen molar-refractivity contribution >= 4 is 15.5 Å². The Morgan fingerprint density at radius 3 is 2.33 bits per heavy atom. The largest absolute Gasteiger partial charge is 0.495 e. The van der Waals surface area contributed by atoms with Gasteiger partial charge in [0.2, 0.25) is 9.84 Å². The van der Waals surface area contributed by atoms with Gasteiger partial charge in [0.15, 0.2) is 0 Å². The van der Waals surface area contributed by atoms with Gasteiger partial charge in [-0.05, 0) is 30.3 Å². The van der Waals surface area contributed by atoms with Crippen molar-refractivity contribution in [2.75, 3.05) is 12.8 Å². The minimum Gasteiger partial charge on any atom is -0.495 e. The first kappa shape index (κ1) is 12.4. The smallest absolute Gasteiger partial charge is 0.210 e. The molecule has 0 spiro atoms. The predicted octanol–water partition coefficient (Wildman–Crippen LogP) is 2.11. The predicted molar refractivity (Wildman–Crippen MR) is 69.3 cm³/mol. The van der Waals surface area contributed by atoms with E-state index in [0.29, 0.717) is 5.69 Å². The first-order valence-electron chi connectivity index (χ1n) is 5.29. The fourth-order valence-electron chi connectivity index (χ4n) is 1.63. The Bertz CT molecular complexity index is 651. The van der Waals surface area contributed by atoms with Gasteiger partial charge in [0, 0.05) is 5.69 Å². The Kier molecular flexibility index (Phi) is 3.25. The van der Waals surface area contributed by atoms with Gasteiger partial charge in [0.25, 0.3) is 0 Å². The normalized spacial score (nSPS) is 11.2. The van der Waals surface area contributed by atoms with E-state index in [1.807, 2.05) is 0 Å². The second kappa shape index (κ2) is 4.70. The molecule has 2 N–H and O–H groups in total. The highest BCUT2D eigenvalue weighted by Crippen LogP contribution is 2.30. The van der Waals surface area contributed by atoms with Crippen LogP contribution < -0.4 is 10.5 Å². The molecule has 0 aliphatic carbocycles. The third-order valence-corrected chi connectivity index (χ3v) is 4.32. The molecule has 94 valence electrons. The lowest BCUT2D eigenvalue weighted by Crippen LogP contribution is -2.05. The maximum Gasteiger partial charge on any atom is 0.210 e. The molecule has 0 unspecified atom stereocenters. The summed E-state index contributed by atoms with van der Waals surface area (Å²) in [6.45, 7) is 0. The van der Waals surface area contributed by atoms with E-state index in [2.05, 4.69) is 0 Å². The maximum absolute atomic E-state index is 12.4. The van der Waals surface area contributed by atoms with Crippen molar-refractivity contribution in [2.45, 2.75) is 9.79 Å². The zero-order chi connectivity index (χ0) is 13.2. The second-order valence-electron chi connectivity index (χ2n) is 3.73. The van der Waals surface area contributed by atoms with E-state index in [9.17, 15) is 8.42 Å². The number of ether oxygens (including phenoxy) is 1. The van der Waals surface area contributed by atoms with Gasteiger partial charge in [-0.25, -0.2) is 8.42 Å². The molecule has 0 radical (unpaired) electrons. The number of rotatable bonds is 3.